The lowest BCUT2D eigenvalue weighted by molar-refractivity contribution is 0.203. The van der Waals surface area contributed by atoms with E-state index in [1.165, 1.54) is 6.07 Å². The molecule has 2 aromatic heterocycles. The zero-order valence-electron chi connectivity index (χ0n) is 16.2. The summed E-state index contributed by atoms with van der Waals surface area (Å²) in [5.41, 5.74) is 0.123. The fourth-order valence-corrected chi connectivity index (χ4v) is 3.07. The van der Waals surface area contributed by atoms with Gasteiger partial charge in [0.15, 0.2) is 11.6 Å². The SMILES string of the molecule is OCC(CO)Nc1nc(Oc2ccc(F)cc2F)cc2[nH]nc(-c3cc(F)ccc3F)c12. The highest BCUT2D eigenvalue weighted by molar-refractivity contribution is 6.01. The number of anilines is 1. The molecular weight excluding hydrogens is 432 g/mol. The van der Waals surface area contributed by atoms with Gasteiger partial charge in [-0.1, -0.05) is 0 Å². The lowest BCUT2D eigenvalue weighted by Gasteiger charge is -2.16. The van der Waals surface area contributed by atoms with E-state index in [-0.39, 0.29) is 39.6 Å². The van der Waals surface area contributed by atoms with Crippen molar-refractivity contribution in [1.82, 2.24) is 15.2 Å². The van der Waals surface area contributed by atoms with Crippen LogP contribution in [0.1, 0.15) is 0 Å². The topological polar surface area (TPSA) is 103 Å². The highest BCUT2D eigenvalue weighted by atomic mass is 19.1. The standard InChI is InChI=1S/C21H16F4N4O3/c22-10-1-3-14(24)13(5-10)20-19-16(28-29-20)7-18(27-21(19)26-12(8-30)9-31)32-17-4-2-11(23)6-15(17)25/h1-7,12,30-31H,8-9H2,(H,26,27)(H,28,29). The Hall–Kier alpha value is -3.70. The minimum Gasteiger partial charge on any atom is -0.436 e. The molecule has 4 N–H and O–H groups in total. The fraction of sp³-hybridized carbons (Fsp3) is 0.143. The molecule has 0 atom stereocenters. The van der Waals surface area contributed by atoms with E-state index in [0.717, 1.165) is 30.3 Å². The second kappa shape index (κ2) is 8.81. The number of H-pyrrole nitrogens is 1. The Morgan fingerprint density at radius 3 is 2.38 bits per heavy atom. The van der Waals surface area contributed by atoms with Crippen LogP contribution in [-0.2, 0) is 0 Å². The first-order chi connectivity index (χ1) is 15.4. The molecule has 11 heteroatoms. The number of pyridine rings is 1. The van der Waals surface area contributed by atoms with E-state index in [9.17, 15) is 27.8 Å². The van der Waals surface area contributed by atoms with Crippen LogP contribution in [0.5, 0.6) is 11.6 Å². The van der Waals surface area contributed by atoms with Crippen LogP contribution in [-0.4, -0.2) is 44.7 Å². The number of aromatic amines is 1. The predicted molar refractivity (Wildman–Crippen MR) is 107 cm³/mol. The smallest absolute Gasteiger partial charge is 0.223 e. The van der Waals surface area contributed by atoms with Gasteiger partial charge in [0.05, 0.1) is 30.2 Å². The highest BCUT2D eigenvalue weighted by Crippen LogP contribution is 2.36. The molecule has 7 nitrogen and oxygen atoms in total. The van der Waals surface area contributed by atoms with Gasteiger partial charge in [0, 0.05) is 17.7 Å². The molecule has 0 aliphatic rings. The number of nitrogens with zero attached hydrogens (tertiary/aromatic N) is 2. The van der Waals surface area contributed by atoms with Crippen LogP contribution in [0.2, 0.25) is 0 Å². The number of nitrogens with one attached hydrogen (secondary N) is 2. The van der Waals surface area contributed by atoms with E-state index in [4.69, 9.17) is 4.74 Å². The van der Waals surface area contributed by atoms with Crippen molar-refractivity contribution >= 4 is 16.7 Å². The van der Waals surface area contributed by atoms with Gasteiger partial charge in [0.25, 0.3) is 0 Å². The molecule has 0 unspecified atom stereocenters. The zero-order chi connectivity index (χ0) is 22.8. The zero-order valence-corrected chi connectivity index (χ0v) is 16.2. The normalized spacial score (nSPS) is 11.3. The molecule has 0 aliphatic carbocycles. The third kappa shape index (κ3) is 4.20. The number of aliphatic hydroxyl groups excluding tert-OH is 2. The average molecular weight is 448 g/mol. The number of benzene rings is 2. The molecule has 0 bridgehead atoms. The van der Waals surface area contributed by atoms with Crippen LogP contribution in [0.4, 0.5) is 23.4 Å². The molecule has 0 saturated heterocycles. The van der Waals surface area contributed by atoms with E-state index < -0.39 is 42.5 Å². The van der Waals surface area contributed by atoms with Gasteiger partial charge in [0.1, 0.15) is 29.0 Å². The van der Waals surface area contributed by atoms with Crippen molar-refractivity contribution in [2.45, 2.75) is 6.04 Å². The fourth-order valence-electron chi connectivity index (χ4n) is 3.07. The van der Waals surface area contributed by atoms with Gasteiger partial charge in [0.2, 0.25) is 5.88 Å². The quantitative estimate of drug-likeness (QED) is 0.321. The van der Waals surface area contributed by atoms with Crippen molar-refractivity contribution in [3.05, 3.63) is 65.7 Å². The van der Waals surface area contributed by atoms with E-state index in [2.05, 4.69) is 20.5 Å². The second-order valence-corrected chi connectivity index (χ2v) is 6.81. The Labute approximate surface area is 178 Å². The van der Waals surface area contributed by atoms with Crippen LogP contribution < -0.4 is 10.1 Å². The summed E-state index contributed by atoms with van der Waals surface area (Å²) in [5.74, 6) is -3.62. The van der Waals surface area contributed by atoms with Crippen molar-refractivity contribution in [3.63, 3.8) is 0 Å². The molecule has 0 fully saturated rings. The van der Waals surface area contributed by atoms with Crippen LogP contribution in [0.15, 0.2) is 42.5 Å². The van der Waals surface area contributed by atoms with Crippen LogP contribution in [0.3, 0.4) is 0 Å². The van der Waals surface area contributed by atoms with Crippen molar-refractivity contribution in [2.75, 3.05) is 18.5 Å². The number of aliphatic hydroxyl groups is 2. The van der Waals surface area contributed by atoms with Gasteiger partial charge in [-0.15, -0.1) is 0 Å². The van der Waals surface area contributed by atoms with Gasteiger partial charge in [-0.25, -0.2) is 17.6 Å². The molecule has 4 rings (SSSR count). The predicted octanol–water partition coefficient (Wildman–Crippen LogP) is 3.74. The molecule has 4 aromatic rings. The van der Waals surface area contributed by atoms with E-state index in [0.29, 0.717) is 6.07 Å². The Kier molecular flexibility index (Phi) is 5.93. The molecule has 32 heavy (non-hydrogen) atoms. The molecule has 166 valence electrons. The van der Waals surface area contributed by atoms with Gasteiger partial charge in [-0.05, 0) is 30.3 Å². The maximum Gasteiger partial charge on any atom is 0.223 e. The minimum absolute atomic E-state index is 0.000492. The third-order valence-electron chi connectivity index (χ3n) is 4.59. The summed E-state index contributed by atoms with van der Waals surface area (Å²) >= 11 is 0. The van der Waals surface area contributed by atoms with Gasteiger partial charge >= 0.3 is 0 Å². The second-order valence-electron chi connectivity index (χ2n) is 6.81. The first-order valence-corrected chi connectivity index (χ1v) is 9.35. The molecule has 0 radical (unpaired) electrons. The number of ether oxygens (including phenoxy) is 1. The van der Waals surface area contributed by atoms with E-state index in [1.807, 2.05) is 0 Å². The summed E-state index contributed by atoms with van der Waals surface area (Å²) in [6.07, 6.45) is 0. The Morgan fingerprint density at radius 1 is 0.938 bits per heavy atom. The largest absolute Gasteiger partial charge is 0.436 e. The molecule has 2 aromatic carbocycles. The number of hydrogen-bond acceptors (Lipinski definition) is 6. The number of aromatic nitrogens is 3. The third-order valence-corrected chi connectivity index (χ3v) is 4.59. The number of fused-ring (bicyclic) bond motifs is 1. The molecule has 0 saturated carbocycles. The average Bonchev–Trinajstić information content (AvgIpc) is 3.19. The summed E-state index contributed by atoms with van der Waals surface area (Å²) in [5, 5.41) is 28.6. The minimum atomic E-state index is -0.961. The molecule has 0 aliphatic heterocycles. The van der Waals surface area contributed by atoms with Gasteiger partial charge < -0.3 is 20.3 Å². The van der Waals surface area contributed by atoms with Crippen molar-refractivity contribution in [1.29, 1.82) is 0 Å². The van der Waals surface area contributed by atoms with Crippen molar-refractivity contribution < 1.29 is 32.5 Å². The lowest BCUT2D eigenvalue weighted by atomic mass is 10.1. The first kappa shape index (κ1) is 21.5. The summed E-state index contributed by atoms with van der Waals surface area (Å²) in [7, 11) is 0. The summed E-state index contributed by atoms with van der Waals surface area (Å²) < 4.78 is 60.7. The number of hydrogen-bond donors (Lipinski definition) is 4. The van der Waals surface area contributed by atoms with Gasteiger partial charge in [-0.2, -0.15) is 10.1 Å². The van der Waals surface area contributed by atoms with Gasteiger partial charge in [-0.3, -0.25) is 5.10 Å². The Bertz CT molecular complexity index is 1280. The van der Waals surface area contributed by atoms with E-state index >= 15 is 0 Å². The number of rotatable bonds is 7. The van der Waals surface area contributed by atoms with Crippen LogP contribution in [0, 0.1) is 23.3 Å². The van der Waals surface area contributed by atoms with E-state index in [1.54, 1.807) is 0 Å². The van der Waals surface area contributed by atoms with Crippen LogP contribution in [0.25, 0.3) is 22.2 Å². The Balaban J connectivity index is 1.86. The summed E-state index contributed by atoms with van der Waals surface area (Å²) in [4.78, 5) is 4.21. The van der Waals surface area contributed by atoms with Crippen LogP contribution >= 0.6 is 0 Å². The first-order valence-electron chi connectivity index (χ1n) is 9.35. The maximum absolute atomic E-state index is 14.4. The molecular formula is C21H16F4N4O3. The van der Waals surface area contributed by atoms with Crippen molar-refractivity contribution in [3.8, 4) is 22.9 Å². The van der Waals surface area contributed by atoms with Crippen molar-refractivity contribution in [2.24, 2.45) is 0 Å². The molecule has 0 spiro atoms. The Morgan fingerprint density at radius 2 is 1.66 bits per heavy atom. The lowest BCUT2D eigenvalue weighted by Crippen LogP contribution is -2.28. The number of halogens is 4. The monoisotopic (exact) mass is 448 g/mol. The summed E-state index contributed by atoms with van der Waals surface area (Å²) in [6.45, 7) is -0.947. The molecule has 0 amide bonds. The highest BCUT2D eigenvalue weighted by Gasteiger charge is 2.21. The summed E-state index contributed by atoms with van der Waals surface area (Å²) in [6, 6.07) is 6.07. The maximum atomic E-state index is 14.4. The molecule has 2 heterocycles.